The largest absolute Gasteiger partial charge is 0.464 e. The molecule has 1 unspecified atom stereocenters. The minimum absolute atomic E-state index is 0.587. The second kappa shape index (κ2) is 10.3. The van der Waals surface area contributed by atoms with Gasteiger partial charge in [0.15, 0.2) is 0 Å². The van der Waals surface area contributed by atoms with E-state index >= 15 is 0 Å². The average molecular weight is 440 g/mol. The summed E-state index contributed by atoms with van der Waals surface area (Å²) in [5.74, 6) is 0.587. The molecular formula is C29H33N3O. The van der Waals surface area contributed by atoms with Gasteiger partial charge in [0, 0.05) is 56.1 Å². The number of furan rings is 1. The van der Waals surface area contributed by atoms with Crippen molar-refractivity contribution >= 4 is 11.0 Å². The first kappa shape index (κ1) is 21.9. The predicted octanol–water partition coefficient (Wildman–Crippen LogP) is 5.85. The Morgan fingerprint density at radius 2 is 1.73 bits per heavy atom. The summed E-state index contributed by atoms with van der Waals surface area (Å²) >= 11 is 0. The van der Waals surface area contributed by atoms with Crippen LogP contribution in [0.3, 0.4) is 0 Å². The van der Waals surface area contributed by atoms with Gasteiger partial charge in [-0.05, 0) is 60.2 Å². The smallest absolute Gasteiger partial charge is 0.134 e. The fourth-order valence-electron chi connectivity index (χ4n) is 4.95. The molecule has 0 radical (unpaired) electrons. The summed E-state index contributed by atoms with van der Waals surface area (Å²) in [4.78, 5) is 9.50. The van der Waals surface area contributed by atoms with E-state index in [-0.39, 0.29) is 0 Å². The number of benzene rings is 2. The van der Waals surface area contributed by atoms with Crippen molar-refractivity contribution in [2.75, 3.05) is 39.3 Å². The molecule has 33 heavy (non-hydrogen) atoms. The maximum absolute atomic E-state index is 5.83. The van der Waals surface area contributed by atoms with Crippen LogP contribution in [0, 0.1) is 0 Å². The highest BCUT2D eigenvalue weighted by atomic mass is 16.3. The Bertz CT molecular complexity index is 1150. The van der Waals surface area contributed by atoms with Crippen molar-refractivity contribution in [1.29, 1.82) is 0 Å². The van der Waals surface area contributed by atoms with Crippen LogP contribution in [0.25, 0.3) is 22.1 Å². The molecule has 1 aliphatic heterocycles. The standard InChI is InChI=1S/C29H33N3O/c1-23(24-7-3-2-4-8-24)21-32-17-15-31(16-18-32)14-6-10-27-22-33-29-12-11-25(19-28(27)29)26-9-5-13-30-20-26/h2-5,7-9,11-13,19-20,22-23H,6,10,14-18,21H2,1H3. The van der Waals surface area contributed by atoms with E-state index in [0.717, 1.165) is 37.1 Å². The van der Waals surface area contributed by atoms with Crippen LogP contribution < -0.4 is 0 Å². The van der Waals surface area contributed by atoms with E-state index in [0.29, 0.717) is 5.92 Å². The molecule has 0 N–H and O–H groups in total. The Morgan fingerprint density at radius 3 is 2.52 bits per heavy atom. The summed E-state index contributed by atoms with van der Waals surface area (Å²) in [6, 6.07) is 21.4. The van der Waals surface area contributed by atoms with Crippen molar-refractivity contribution in [3.05, 3.63) is 90.4 Å². The van der Waals surface area contributed by atoms with Crippen molar-refractivity contribution in [2.45, 2.75) is 25.7 Å². The first-order chi connectivity index (χ1) is 16.3. The van der Waals surface area contributed by atoms with E-state index in [1.54, 1.807) is 0 Å². The summed E-state index contributed by atoms with van der Waals surface area (Å²) in [6.45, 7) is 9.31. The number of rotatable bonds is 8. The summed E-state index contributed by atoms with van der Waals surface area (Å²) in [5.41, 5.74) is 6.06. The Balaban J connectivity index is 1.11. The van der Waals surface area contributed by atoms with Crippen LogP contribution in [-0.4, -0.2) is 54.1 Å². The minimum Gasteiger partial charge on any atom is -0.464 e. The molecule has 1 saturated heterocycles. The van der Waals surface area contributed by atoms with Crippen LogP contribution in [0.1, 0.15) is 30.4 Å². The van der Waals surface area contributed by atoms with E-state index < -0.39 is 0 Å². The van der Waals surface area contributed by atoms with Crippen molar-refractivity contribution in [3.8, 4) is 11.1 Å². The second-order valence-electron chi connectivity index (χ2n) is 9.27. The van der Waals surface area contributed by atoms with Crippen LogP contribution in [0.5, 0.6) is 0 Å². The lowest BCUT2D eigenvalue weighted by Crippen LogP contribution is -2.47. The van der Waals surface area contributed by atoms with E-state index in [1.807, 2.05) is 24.7 Å². The van der Waals surface area contributed by atoms with Gasteiger partial charge < -0.3 is 14.2 Å². The molecule has 2 aromatic heterocycles. The first-order valence-electron chi connectivity index (χ1n) is 12.2. The number of aromatic nitrogens is 1. The molecule has 1 atom stereocenters. The number of piperazine rings is 1. The molecule has 1 aliphatic rings. The third-order valence-electron chi connectivity index (χ3n) is 6.93. The SMILES string of the molecule is CC(CN1CCN(CCCc2coc3ccc(-c4cccnc4)cc23)CC1)c1ccccc1. The zero-order valence-corrected chi connectivity index (χ0v) is 19.5. The maximum atomic E-state index is 5.83. The van der Waals surface area contributed by atoms with E-state index in [2.05, 4.69) is 76.3 Å². The van der Waals surface area contributed by atoms with Gasteiger partial charge in [-0.1, -0.05) is 49.4 Å². The van der Waals surface area contributed by atoms with Gasteiger partial charge in [0.25, 0.3) is 0 Å². The maximum Gasteiger partial charge on any atom is 0.134 e. The van der Waals surface area contributed by atoms with Crippen molar-refractivity contribution in [3.63, 3.8) is 0 Å². The molecule has 170 valence electrons. The van der Waals surface area contributed by atoms with Crippen LogP contribution >= 0.6 is 0 Å². The number of nitrogens with zero attached hydrogens (tertiary/aromatic N) is 3. The van der Waals surface area contributed by atoms with Gasteiger partial charge in [0.05, 0.1) is 6.26 Å². The van der Waals surface area contributed by atoms with Gasteiger partial charge in [-0.25, -0.2) is 0 Å². The fraction of sp³-hybridized carbons (Fsp3) is 0.345. The number of aryl methyl sites for hydroxylation is 1. The summed E-state index contributed by atoms with van der Waals surface area (Å²) in [6.07, 6.45) is 7.89. The molecule has 3 heterocycles. The predicted molar refractivity (Wildman–Crippen MR) is 136 cm³/mol. The summed E-state index contributed by atoms with van der Waals surface area (Å²) < 4.78 is 5.83. The molecule has 0 aliphatic carbocycles. The van der Waals surface area contributed by atoms with Gasteiger partial charge >= 0.3 is 0 Å². The molecule has 2 aromatic carbocycles. The first-order valence-corrected chi connectivity index (χ1v) is 12.2. The van der Waals surface area contributed by atoms with Crippen LogP contribution in [0.2, 0.25) is 0 Å². The Morgan fingerprint density at radius 1 is 0.909 bits per heavy atom. The molecule has 4 aromatic rings. The van der Waals surface area contributed by atoms with Gasteiger partial charge in [-0.15, -0.1) is 0 Å². The third-order valence-corrected chi connectivity index (χ3v) is 6.93. The highest BCUT2D eigenvalue weighted by molar-refractivity contribution is 5.86. The molecule has 0 amide bonds. The number of pyridine rings is 1. The Hall–Kier alpha value is -2.95. The third kappa shape index (κ3) is 5.35. The number of hydrogen-bond acceptors (Lipinski definition) is 4. The van der Waals surface area contributed by atoms with Crippen molar-refractivity contribution in [1.82, 2.24) is 14.8 Å². The average Bonchev–Trinajstić information content (AvgIpc) is 3.28. The van der Waals surface area contributed by atoms with Gasteiger partial charge in [-0.3, -0.25) is 4.98 Å². The lowest BCUT2D eigenvalue weighted by atomic mass is 10.0. The zero-order chi connectivity index (χ0) is 22.5. The van der Waals surface area contributed by atoms with Crippen molar-refractivity contribution < 1.29 is 4.42 Å². The summed E-state index contributed by atoms with van der Waals surface area (Å²) in [5, 5.41) is 1.23. The lowest BCUT2D eigenvalue weighted by Gasteiger charge is -2.36. The molecule has 0 bridgehead atoms. The molecule has 4 heteroatoms. The lowest BCUT2D eigenvalue weighted by molar-refractivity contribution is 0.127. The normalized spacial score (nSPS) is 16.3. The second-order valence-corrected chi connectivity index (χ2v) is 9.27. The summed E-state index contributed by atoms with van der Waals surface area (Å²) in [7, 11) is 0. The van der Waals surface area contributed by atoms with Gasteiger partial charge in [0.1, 0.15) is 5.58 Å². The molecule has 4 nitrogen and oxygen atoms in total. The highest BCUT2D eigenvalue weighted by Gasteiger charge is 2.19. The van der Waals surface area contributed by atoms with Crippen LogP contribution in [0.15, 0.2) is 83.7 Å². The fourth-order valence-corrected chi connectivity index (χ4v) is 4.95. The topological polar surface area (TPSA) is 32.5 Å². The van der Waals surface area contributed by atoms with Crippen LogP contribution in [-0.2, 0) is 6.42 Å². The molecule has 0 saturated carbocycles. The molecular weight excluding hydrogens is 406 g/mol. The zero-order valence-electron chi connectivity index (χ0n) is 19.5. The molecule has 5 rings (SSSR count). The molecule has 0 spiro atoms. The van der Waals surface area contributed by atoms with E-state index in [9.17, 15) is 0 Å². The Labute approximate surface area is 196 Å². The minimum atomic E-state index is 0.587. The van der Waals surface area contributed by atoms with Crippen LogP contribution in [0.4, 0.5) is 0 Å². The highest BCUT2D eigenvalue weighted by Crippen LogP contribution is 2.28. The van der Waals surface area contributed by atoms with E-state index in [1.165, 1.54) is 48.3 Å². The van der Waals surface area contributed by atoms with E-state index in [4.69, 9.17) is 4.42 Å². The Kier molecular flexibility index (Phi) is 6.84. The number of hydrogen-bond donors (Lipinski definition) is 0. The van der Waals surface area contributed by atoms with Gasteiger partial charge in [0.2, 0.25) is 0 Å². The monoisotopic (exact) mass is 439 g/mol. The molecule has 1 fully saturated rings. The van der Waals surface area contributed by atoms with Crippen molar-refractivity contribution in [2.24, 2.45) is 0 Å². The number of fused-ring (bicyclic) bond motifs is 1. The quantitative estimate of drug-likeness (QED) is 0.345. The van der Waals surface area contributed by atoms with Gasteiger partial charge in [-0.2, -0.15) is 0 Å².